The van der Waals surface area contributed by atoms with Crippen molar-refractivity contribution in [1.29, 1.82) is 0 Å². The molecule has 20 heavy (non-hydrogen) atoms. The Hall–Kier alpha value is -2.23. The average Bonchev–Trinajstić information content (AvgIpc) is 2.46. The van der Waals surface area contributed by atoms with Gasteiger partial charge in [0.2, 0.25) is 0 Å². The number of ketones is 2. The first kappa shape index (κ1) is 15.8. The molecular weight excluding hydrogens is 256 g/mol. The maximum atomic E-state index is 12.1. The number of allylic oxidation sites excluding steroid dienone is 1. The Morgan fingerprint density at radius 1 is 1.20 bits per heavy atom. The maximum Gasteiger partial charge on any atom is 0.338 e. The lowest BCUT2D eigenvalue weighted by Gasteiger charge is -2.06. The second-order valence-corrected chi connectivity index (χ2v) is 4.36. The molecular formula is C16H18O4. The number of carbonyl (C=O) groups excluding carboxylic acids is 3. The van der Waals surface area contributed by atoms with Crippen molar-refractivity contribution in [2.24, 2.45) is 0 Å². The van der Waals surface area contributed by atoms with Crippen LogP contribution in [0.2, 0.25) is 0 Å². The van der Waals surface area contributed by atoms with Crippen LogP contribution in [0.1, 0.15) is 46.4 Å². The van der Waals surface area contributed by atoms with E-state index in [-0.39, 0.29) is 29.1 Å². The van der Waals surface area contributed by atoms with Crippen LogP contribution < -0.4 is 0 Å². The minimum atomic E-state index is -0.576. The number of unbranched alkanes of at least 4 members (excludes halogenated alkanes) is 1. The minimum absolute atomic E-state index is 0.128. The van der Waals surface area contributed by atoms with Gasteiger partial charge in [0.1, 0.15) is 5.78 Å². The molecule has 106 valence electrons. The van der Waals surface area contributed by atoms with E-state index in [1.807, 2.05) is 0 Å². The van der Waals surface area contributed by atoms with Crippen molar-refractivity contribution in [2.45, 2.75) is 25.7 Å². The molecule has 0 amide bonds. The van der Waals surface area contributed by atoms with Crippen molar-refractivity contribution in [3.05, 3.63) is 48.0 Å². The lowest BCUT2D eigenvalue weighted by molar-refractivity contribution is -0.118. The Kier molecular flexibility index (Phi) is 6.37. The van der Waals surface area contributed by atoms with Crippen molar-refractivity contribution in [2.75, 3.05) is 7.11 Å². The van der Waals surface area contributed by atoms with E-state index < -0.39 is 5.97 Å². The highest BCUT2D eigenvalue weighted by atomic mass is 16.5. The zero-order valence-electron chi connectivity index (χ0n) is 11.6. The number of benzene rings is 1. The van der Waals surface area contributed by atoms with Gasteiger partial charge in [-0.2, -0.15) is 0 Å². The van der Waals surface area contributed by atoms with Gasteiger partial charge >= 0.3 is 5.97 Å². The van der Waals surface area contributed by atoms with Gasteiger partial charge in [0.15, 0.2) is 5.78 Å². The van der Waals surface area contributed by atoms with Gasteiger partial charge in [-0.25, -0.2) is 4.79 Å². The predicted molar refractivity (Wildman–Crippen MR) is 75.8 cm³/mol. The number of ether oxygens (including phenoxy) is 1. The molecule has 0 aromatic heterocycles. The predicted octanol–water partition coefficient (Wildman–Crippen LogP) is 2.97. The maximum absolute atomic E-state index is 12.1. The SMILES string of the molecule is C=CCCCC(=O)CC(=O)c1ccccc1C(=O)OC. The summed E-state index contributed by atoms with van der Waals surface area (Å²) in [5.74, 6) is -1.06. The zero-order chi connectivity index (χ0) is 15.0. The molecule has 1 rings (SSSR count). The lowest BCUT2D eigenvalue weighted by Crippen LogP contribution is -2.13. The summed E-state index contributed by atoms with van der Waals surface area (Å²) in [6.45, 7) is 3.58. The van der Waals surface area contributed by atoms with Gasteiger partial charge in [-0.3, -0.25) is 9.59 Å². The number of esters is 1. The summed E-state index contributed by atoms with van der Waals surface area (Å²) in [7, 11) is 1.25. The highest BCUT2D eigenvalue weighted by Crippen LogP contribution is 2.13. The highest BCUT2D eigenvalue weighted by Gasteiger charge is 2.18. The van der Waals surface area contributed by atoms with Crippen LogP contribution in [0.4, 0.5) is 0 Å². The summed E-state index contributed by atoms with van der Waals surface area (Å²) in [6.07, 6.45) is 3.33. The van der Waals surface area contributed by atoms with Gasteiger partial charge in [0.05, 0.1) is 19.1 Å². The molecule has 0 saturated carbocycles. The van der Waals surface area contributed by atoms with Crippen molar-refractivity contribution in [1.82, 2.24) is 0 Å². The Morgan fingerprint density at radius 2 is 1.85 bits per heavy atom. The number of hydrogen-bond donors (Lipinski definition) is 0. The third kappa shape index (κ3) is 4.46. The van der Waals surface area contributed by atoms with Crippen molar-refractivity contribution < 1.29 is 19.1 Å². The molecule has 4 heteroatoms. The molecule has 0 atom stereocenters. The Labute approximate surface area is 118 Å². The largest absolute Gasteiger partial charge is 0.465 e. The monoisotopic (exact) mass is 274 g/mol. The van der Waals surface area contributed by atoms with Crippen molar-refractivity contribution in [3.8, 4) is 0 Å². The number of Topliss-reactive ketones (excluding diaryl/α,β-unsaturated/α-hetero) is 2. The van der Waals surface area contributed by atoms with E-state index in [1.165, 1.54) is 19.2 Å². The van der Waals surface area contributed by atoms with Crippen LogP contribution in [0.25, 0.3) is 0 Å². The van der Waals surface area contributed by atoms with Crippen LogP contribution in [-0.2, 0) is 9.53 Å². The molecule has 1 aromatic carbocycles. The quantitative estimate of drug-likeness (QED) is 0.240. The van der Waals surface area contributed by atoms with Crippen molar-refractivity contribution >= 4 is 17.5 Å². The van der Waals surface area contributed by atoms with Crippen LogP contribution >= 0.6 is 0 Å². The summed E-state index contributed by atoms with van der Waals surface area (Å²) in [4.78, 5) is 35.3. The number of carbonyl (C=O) groups is 3. The summed E-state index contributed by atoms with van der Waals surface area (Å²) in [5.41, 5.74) is 0.426. The van der Waals surface area contributed by atoms with E-state index in [1.54, 1.807) is 18.2 Å². The fourth-order valence-corrected chi connectivity index (χ4v) is 1.82. The molecule has 0 aliphatic carbocycles. The van der Waals surface area contributed by atoms with Crippen LogP contribution in [0.3, 0.4) is 0 Å². The second-order valence-electron chi connectivity index (χ2n) is 4.36. The molecule has 0 N–H and O–H groups in total. The standard InChI is InChI=1S/C16H18O4/c1-3-4-5-8-12(17)11-15(18)13-9-6-7-10-14(13)16(19)20-2/h3,6-7,9-10H,1,4-5,8,11H2,2H3. The molecule has 4 nitrogen and oxygen atoms in total. The Balaban J connectivity index is 2.75. The number of rotatable bonds is 8. The molecule has 0 bridgehead atoms. The molecule has 0 unspecified atom stereocenters. The molecule has 0 saturated heterocycles. The van der Waals surface area contributed by atoms with E-state index in [0.717, 1.165) is 6.42 Å². The second kappa shape index (κ2) is 8.04. The molecule has 0 fully saturated rings. The molecule has 1 aromatic rings. The number of hydrogen-bond acceptors (Lipinski definition) is 4. The summed E-state index contributed by atoms with van der Waals surface area (Å²) in [5, 5.41) is 0. The normalized spacial score (nSPS) is 9.85. The van der Waals surface area contributed by atoms with Crippen LogP contribution in [0, 0.1) is 0 Å². The Bertz CT molecular complexity index is 517. The first-order chi connectivity index (χ1) is 9.60. The molecule has 0 aliphatic heterocycles. The molecule has 0 heterocycles. The summed E-state index contributed by atoms with van der Waals surface area (Å²) >= 11 is 0. The van der Waals surface area contributed by atoms with Gasteiger partial charge in [-0.1, -0.05) is 24.3 Å². The van der Waals surface area contributed by atoms with Gasteiger partial charge in [-0.05, 0) is 18.9 Å². The van der Waals surface area contributed by atoms with E-state index in [0.29, 0.717) is 12.8 Å². The number of methoxy groups -OCH3 is 1. The third-order valence-electron chi connectivity index (χ3n) is 2.85. The average molecular weight is 274 g/mol. The molecule has 0 spiro atoms. The third-order valence-corrected chi connectivity index (χ3v) is 2.85. The van der Waals surface area contributed by atoms with Crippen LogP contribution in [-0.4, -0.2) is 24.6 Å². The topological polar surface area (TPSA) is 60.4 Å². The Morgan fingerprint density at radius 3 is 2.45 bits per heavy atom. The molecule has 0 radical (unpaired) electrons. The van der Waals surface area contributed by atoms with Gasteiger partial charge in [0, 0.05) is 12.0 Å². The van der Waals surface area contributed by atoms with E-state index in [9.17, 15) is 14.4 Å². The van der Waals surface area contributed by atoms with Gasteiger partial charge in [0.25, 0.3) is 0 Å². The van der Waals surface area contributed by atoms with E-state index in [4.69, 9.17) is 0 Å². The van der Waals surface area contributed by atoms with Crippen LogP contribution in [0.15, 0.2) is 36.9 Å². The van der Waals surface area contributed by atoms with E-state index >= 15 is 0 Å². The first-order valence-corrected chi connectivity index (χ1v) is 6.43. The fourth-order valence-electron chi connectivity index (χ4n) is 1.82. The minimum Gasteiger partial charge on any atom is -0.465 e. The molecule has 0 aliphatic rings. The van der Waals surface area contributed by atoms with Crippen LogP contribution in [0.5, 0.6) is 0 Å². The smallest absolute Gasteiger partial charge is 0.338 e. The summed E-state index contributed by atoms with van der Waals surface area (Å²) in [6, 6.07) is 6.35. The lowest BCUT2D eigenvalue weighted by atomic mass is 9.98. The van der Waals surface area contributed by atoms with Gasteiger partial charge < -0.3 is 4.74 Å². The van der Waals surface area contributed by atoms with Gasteiger partial charge in [-0.15, -0.1) is 6.58 Å². The zero-order valence-corrected chi connectivity index (χ0v) is 11.6. The summed E-state index contributed by atoms with van der Waals surface area (Å²) < 4.78 is 4.62. The van der Waals surface area contributed by atoms with E-state index in [2.05, 4.69) is 11.3 Å². The van der Waals surface area contributed by atoms with Crippen molar-refractivity contribution in [3.63, 3.8) is 0 Å². The fraction of sp³-hybridized carbons (Fsp3) is 0.312. The highest BCUT2D eigenvalue weighted by molar-refractivity contribution is 6.12. The first-order valence-electron chi connectivity index (χ1n) is 6.43.